The van der Waals surface area contributed by atoms with E-state index in [-0.39, 0.29) is 37.2 Å². The molecule has 0 bridgehead atoms. The average molecular weight is 440 g/mol. The molecular formula is C18H33BN6O6. The molecule has 1 aliphatic rings. The van der Waals surface area contributed by atoms with Crippen molar-refractivity contribution in [1.29, 1.82) is 0 Å². The first-order valence-electron chi connectivity index (χ1n) is 10.4. The second-order valence-electron chi connectivity index (χ2n) is 7.99. The lowest BCUT2D eigenvalue weighted by Crippen LogP contribution is -2.54. The van der Waals surface area contributed by atoms with Gasteiger partial charge in [-0.3, -0.25) is 9.59 Å². The Labute approximate surface area is 182 Å². The molecule has 1 aliphatic carbocycles. The fraction of sp³-hybridized carbons (Fsp3) is 0.722. The van der Waals surface area contributed by atoms with Crippen LogP contribution in [-0.4, -0.2) is 58.5 Å². The lowest BCUT2D eigenvalue weighted by atomic mass is 9.75. The molecule has 1 rings (SSSR count). The summed E-state index contributed by atoms with van der Waals surface area (Å²) in [5.74, 6) is -1.95. The minimum absolute atomic E-state index is 0.107. The van der Waals surface area contributed by atoms with Crippen LogP contribution in [0.1, 0.15) is 58.8 Å². The van der Waals surface area contributed by atoms with E-state index in [2.05, 4.69) is 15.6 Å². The molecule has 0 saturated heterocycles. The SMILES string of the molecule is CC(C)C[C@H](NC(=O)[C@H](CCCN=C(N)N[N+](=O)[O-])NC(=O)CC1=CCCC1)B(O)O. The molecule has 0 saturated carbocycles. The molecule has 7 N–H and O–H groups in total. The minimum Gasteiger partial charge on any atom is -0.426 e. The smallest absolute Gasteiger partial charge is 0.426 e. The second-order valence-corrected chi connectivity index (χ2v) is 7.99. The molecule has 0 aromatic heterocycles. The zero-order chi connectivity index (χ0) is 23.4. The van der Waals surface area contributed by atoms with E-state index in [1.54, 1.807) is 5.43 Å². The van der Waals surface area contributed by atoms with Gasteiger partial charge in [-0.15, -0.1) is 0 Å². The molecule has 0 spiro atoms. The molecule has 13 heteroatoms. The number of hydrogen-bond acceptors (Lipinski definition) is 7. The highest BCUT2D eigenvalue weighted by Gasteiger charge is 2.29. The average Bonchev–Trinajstić information content (AvgIpc) is 3.15. The Balaban J connectivity index is 2.73. The van der Waals surface area contributed by atoms with Crippen LogP contribution in [0.2, 0.25) is 0 Å². The first kappa shape index (κ1) is 26.4. The Kier molecular flexibility index (Phi) is 11.6. The fourth-order valence-corrected chi connectivity index (χ4v) is 3.29. The molecule has 174 valence electrons. The molecule has 0 unspecified atom stereocenters. The second kappa shape index (κ2) is 13.6. The largest absolute Gasteiger partial charge is 0.475 e. The maximum atomic E-state index is 12.8. The van der Waals surface area contributed by atoms with Crippen molar-refractivity contribution in [2.75, 3.05) is 6.54 Å². The summed E-state index contributed by atoms with van der Waals surface area (Å²) >= 11 is 0. The molecule has 0 heterocycles. The van der Waals surface area contributed by atoms with Crippen LogP contribution >= 0.6 is 0 Å². The van der Waals surface area contributed by atoms with Crippen LogP contribution in [0.15, 0.2) is 16.6 Å². The van der Waals surface area contributed by atoms with Crippen LogP contribution in [0.25, 0.3) is 0 Å². The zero-order valence-corrected chi connectivity index (χ0v) is 18.0. The van der Waals surface area contributed by atoms with Crippen molar-refractivity contribution in [3.63, 3.8) is 0 Å². The van der Waals surface area contributed by atoms with Crippen molar-refractivity contribution in [2.24, 2.45) is 16.6 Å². The van der Waals surface area contributed by atoms with Gasteiger partial charge in [-0.25, -0.2) is 15.1 Å². The van der Waals surface area contributed by atoms with Crippen LogP contribution in [0.3, 0.4) is 0 Å². The van der Waals surface area contributed by atoms with Crippen LogP contribution in [0, 0.1) is 16.0 Å². The molecule has 0 aromatic rings. The lowest BCUT2D eigenvalue weighted by molar-refractivity contribution is -0.525. The number of guanidine groups is 1. The number of aliphatic imine (C=N–C) groups is 1. The Hall–Kier alpha value is -2.67. The van der Waals surface area contributed by atoms with Crippen LogP contribution in [0.4, 0.5) is 0 Å². The fourth-order valence-electron chi connectivity index (χ4n) is 3.29. The predicted octanol–water partition coefficient (Wildman–Crippen LogP) is -0.609. The van der Waals surface area contributed by atoms with Gasteiger partial charge in [0.05, 0.1) is 5.94 Å². The first-order valence-corrected chi connectivity index (χ1v) is 10.4. The van der Waals surface area contributed by atoms with Crippen LogP contribution in [0.5, 0.6) is 0 Å². The molecule has 0 aliphatic heterocycles. The number of hydrogen-bond donors (Lipinski definition) is 6. The monoisotopic (exact) mass is 440 g/mol. The van der Waals surface area contributed by atoms with E-state index in [9.17, 15) is 29.8 Å². The highest BCUT2D eigenvalue weighted by molar-refractivity contribution is 6.43. The van der Waals surface area contributed by atoms with Gasteiger partial charge in [-0.2, -0.15) is 0 Å². The van der Waals surface area contributed by atoms with Gasteiger partial charge in [0.2, 0.25) is 11.8 Å². The van der Waals surface area contributed by atoms with Gasteiger partial charge in [0.15, 0.2) is 5.03 Å². The number of allylic oxidation sites excluding steroid dienone is 1. The Morgan fingerprint density at radius 3 is 2.61 bits per heavy atom. The molecule has 2 amide bonds. The van der Waals surface area contributed by atoms with Gasteiger partial charge in [0.1, 0.15) is 6.04 Å². The van der Waals surface area contributed by atoms with E-state index < -0.39 is 30.0 Å². The predicted molar refractivity (Wildman–Crippen MR) is 116 cm³/mol. The minimum atomic E-state index is -1.73. The van der Waals surface area contributed by atoms with Gasteiger partial charge in [-0.05, 0) is 44.4 Å². The molecule has 2 atom stereocenters. The summed E-state index contributed by atoms with van der Waals surface area (Å²) < 4.78 is 0. The number of nitrogens with one attached hydrogen (secondary N) is 3. The lowest BCUT2D eigenvalue weighted by Gasteiger charge is -2.24. The quantitative estimate of drug-likeness (QED) is 0.0415. The van der Waals surface area contributed by atoms with Gasteiger partial charge in [0, 0.05) is 13.0 Å². The van der Waals surface area contributed by atoms with Crippen molar-refractivity contribution >= 4 is 24.9 Å². The Morgan fingerprint density at radius 2 is 2.06 bits per heavy atom. The highest BCUT2D eigenvalue weighted by Crippen LogP contribution is 2.20. The normalized spacial score (nSPS) is 15.8. The molecule has 31 heavy (non-hydrogen) atoms. The first-order chi connectivity index (χ1) is 14.6. The van der Waals surface area contributed by atoms with Gasteiger partial charge >= 0.3 is 7.12 Å². The number of nitro groups is 1. The van der Waals surface area contributed by atoms with Crippen molar-refractivity contribution in [3.05, 3.63) is 21.8 Å². The highest BCUT2D eigenvalue weighted by atomic mass is 16.7. The Morgan fingerprint density at radius 1 is 1.35 bits per heavy atom. The van der Waals surface area contributed by atoms with E-state index in [0.29, 0.717) is 12.8 Å². The molecular weight excluding hydrogens is 407 g/mol. The maximum Gasteiger partial charge on any atom is 0.475 e. The van der Waals surface area contributed by atoms with E-state index in [0.717, 1.165) is 24.8 Å². The third-order valence-corrected chi connectivity index (χ3v) is 4.73. The van der Waals surface area contributed by atoms with E-state index in [1.807, 2.05) is 19.9 Å². The zero-order valence-electron chi connectivity index (χ0n) is 18.0. The van der Waals surface area contributed by atoms with Crippen molar-refractivity contribution < 1.29 is 24.7 Å². The number of amides is 2. The summed E-state index contributed by atoms with van der Waals surface area (Å²) in [6, 6.07) is -0.914. The summed E-state index contributed by atoms with van der Waals surface area (Å²) in [6.07, 6.45) is 5.90. The third kappa shape index (κ3) is 11.3. The molecule has 0 aromatic carbocycles. The van der Waals surface area contributed by atoms with Crippen molar-refractivity contribution in [1.82, 2.24) is 16.1 Å². The summed E-state index contributed by atoms with van der Waals surface area (Å²) in [7, 11) is -1.73. The molecule has 0 fully saturated rings. The van der Waals surface area contributed by atoms with Crippen molar-refractivity contribution in [2.45, 2.75) is 70.8 Å². The van der Waals surface area contributed by atoms with E-state index >= 15 is 0 Å². The van der Waals surface area contributed by atoms with Gasteiger partial charge < -0.3 is 26.4 Å². The Bertz CT molecular complexity index is 684. The molecule has 0 radical (unpaired) electrons. The van der Waals surface area contributed by atoms with Gasteiger partial charge in [0.25, 0.3) is 5.96 Å². The number of hydrazine groups is 1. The third-order valence-electron chi connectivity index (χ3n) is 4.73. The number of nitrogens with two attached hydrogens (primary N) is 1. The maximum absolute atomic E-state index is 12.8. The van der Waals surface area contributed by atoms with Crippen molar-refractivity contribution in [3.8, 4) is 0 Å². The number of nitrogens with zero attached hydrogens (tertiary/aromatic N) is 2. The summed E-state index contributed by atoms with van der Waals surface area (Å²) in [5.41, 5.74) is 8.11. The van der Waals surface area contributed by atoms with E-state index in [1.165, 1.54) is 0 Å². The summed E-state index contributed by atoms with van der Waals surface area (Å²) in [5, 5.41) is 33.9. The summed E-state index contributed by atoms with van der Waals surface area (Å²) in [6.45, 7) is 3.88. The standard InChI is InChI=1S/C18H33BN6O6/c1-12(2)10-15(19(28)29)23-17(27)14(8-5-9-21-18(20)24-25(30)31)22-16(26)11-13-6-3-4-7-13/h6,12,14-15,28-29H,3-5,7-11H2,1-2H3,(H,22,26)(H,23,27)(H3,20,21,24)/t14-,15-/m0/s1. The number of carbonyl (C=O) groups excluding carboxylic acids is 2. The van der Waals surface area contributed by atoms with Gasteiger partial charge in [-0.1, -0.05) is 30.9 Å². The topological polar surface area (TPSA) is 192 Å². The summed E-state index contributed by atoms with van der Waals surface area (Å²) in [4.78, 5) is 39.3. The number of rotatable bonds is 13. The van der Waals surface area contributed by atoms with Crippen LogP contribution < -0.4 is 21.8 Å². The van der Waals surface area contributed by atoms with Crippen LogP contribution in [-0.2, 0) is 9.59 Å². The molecule has 12 nitrogen and oxygen atoms in total. The number of carbonyl (C=O) groups is 2. The van der Waals surface area contributed by atoms with E-state index in [4.69, 9.17) is 5.73 Å².